The third-order valence-corrected chi connectivity index (χ3v) is 5.47. The molecule has 0 bridgehead atoms. The van der Waals surface area contributed by atoms with Gasteiger partial charge in [0.25, 0.3) is 0 Å². The molecule has 0 aromatic rings. The SMILES string of the molecule is CCC(=O)O[C@H](COC(C)=O)COP(=O)(O)OC[C@H](O)COP(=O)(O)OC[C@@H](COC(C)=O)OC(C)=O. The molecule has 0 radical (unpaired) electrons. The van der Waals surface area contributed by atoms with E-state index in [1.807, 2.05) is 0 Å². The summed E-state index contributed by atoms with van der Waals surface area (Å²) >= 11 is 0. The van der Waals surface area contributed by atoms with Crippen molar-refractivity contribution in [2.24, 2.45) is 0 Å². The van der Waals surface area contributed by atoms with Gasteiger partial charge in [0.15, 0.2) is 12.2 Å². The van der Waals surface area contributed by atoms with Crippen molar-refractivity contribution >= 4 is 39.5 Å². The number of aliphatic hydroxyl groups is 1. The zero-order chi connectivity index (χ0) is 28.6. The quantitative estimate of drug-likeness (QED) is 0.103. The lowest BCUT2D eigenvalue weighted by molar-refractivity contribution is -0.159. The van der Waals surface area contributed by atoms with Crippen molar-refractivity contribution in [3.8, 4) is 0 Å². The summed E-state index contributed by atoms with van der Waals surface area (Å²) in [6.07, 6.45) is -4.18. The fraction of sp³-hybridized carbons (Fsp3) is 0.778. The van der Waals surface area contributed by atoms with Crippen molar-refractivity contribution in [2.75, 3.05) is 39.6 Å². The van der Waals surface area contributed by atoms with E-state index in [-0.39, 0.29) is 6.42 Å². The molecule has 216 valence electrons. The topological polar surface area (TPSA) is 237 Å². The molecule has 0 aliphatic carbocycles. The Bertz CT molecular complexity index is 846. The van der Waals surface area contributed by atoms with Gasteiger partial charge in [-0.2, -0.15) is 0 Å². The standard InChI is InChI=1S/C18H32O17P2/c1-5-18(23)35-17(9-29-13(3)20)11-33-37(26,27)31-7-15(22)6-30-36(24,25)32-10-16(34-14(4)21)8-28-12(2)19/h15-17,22H,5-11H2,1-4H3,(H,24,25)(H,26,27)/t15-,16-,17-/m1/s1. The molecule has 17 nitrogen and oxygen atoms in total. The predicted molar refractivity (Wildman–Crippen MR) is 118 cm³/mol. The molecule has 0 amide bonds. The van der Waals surface area contributed by atoms with Gasteiger partial charge in [-0.05, 0) is 0 Å². The normalized spacial score (nSPS) is 16.8. The Labute approximate surface area is 212 Å². The second-order valence-electron chi connectivity index (χ2n) is 7.08. The lowest BCUT2D eigenvalue weighted by Crippen LogP contribution is -2.29. The van der Waals surface area contributed by atoms with E-state index >= 15 is 0 Å². The van der Waals surface area contributed by atoms with E-state index in [1.165, 1.54) is 6.92 Å². The monoisotopic (exact) mass is 582 g/mol. The van der Waals surface area contributed by atoms with E-state index in [0.29, 0.717) is 0 Å². The fourth-order valence-corrected chi connectivity index (χ4v) is 3.57. The van der Waals surface area contributed by atoms with Gasteiger partial charge in [0.1, 0.15) is 19.3 Å². The smallest absolute Gasteiger partial charge is 0.462 e. The van der Waals surface area contributed by atoms with Crippen LogP contribution in [0, 0.1) is 0 Å². The maximum Gasteiger partial charge on any atom is 0.472 e. The predicted octanol–water partition coefficient (Wildman–Crippen LogP) is -0.00580. The van der Waals surface area contributed by atoms with Crippen molar-refractivity contribution < 1.29 is 80.2 Å². The maximum atomic E-state index is 12.0. The van der Waals surface area contributed by atoms with Crippen molar-refractivity contribution in [3.05, 3.63) is 0 Å². The fourth-order valence-electron chi connectivity index (χ4n) is 1.99. The molecule has 0 fully saturated rings. The highest BCUT2D eigenvalue weighted by molar-refractivity contribution is 7.47. The lowest BCUT2D eigenvalue weighted by atomic mass is 10.4. The summed E-state index contributed by atoms with van der Waals surface area (Å²) in [5.74, 6) is -2.86. The van der Waals surface area contributed by atoms with Crippen molar-refractivity contribution in [1.82, 2.24) is 0 Å². The average molecular weight is 582 g/mol. The van der Waals surface area contributed by atoms with Crippen LogP contribution in [0.3, 0.4) is 0 Å². The van der Waals surface area contributed by atoms with Gasteiger partial charge in [0.2, 0.25) is 0 Å². The van der Waals surface area contributed by atoms with E-state index in [0.717, 1.165) is 20.8 Å². The molecule has 19 heteroatoms. The Morgan fingerprint density at radius 3 is 1.38 bits per heavy atom. The summed E-state index contributed by atoms with van der Waals surface area (Å²) in [5.41, 5.74) is 0. The Morgan fingerprint density at radius 1 is 0.649 bits per heavy atom. The zero-order valence-corrected chi connectivity index (χ0v) is 22.4. The summed E-state index contributed by atoms with van der Waals surface area (Å²) in [6.45, 7) is 0.604. The van der Waals surface area contributed by atoms with Crippen LogP contribution >= 0.6 is 15.6 Å². The minimum absolute atomic E-state index is 0.0227. The molecule has 0 rings (SSSR count). The van der Waals surface area contributed by atoms with E-state index in [2.05, 4.69) is 27.6 Å². The number of aliphatic hydroxyl groups excluding tert-OH is 1. The highest BCUT2D eigenvalue weighted by Gasteiger charge is 2.29. The summed E-state index contributed by atoms with van der Waals surface area (Å²) in [7, 11) is -9.63. The lowest BCUT2D eigenvalue weighted by Gasteiger charge is -2.21. The zero-order valence-electron chi connectivity index (χ0n) is 20.6. The number of carbonyl (C=O) groups excluding carboxylic acids is 4. The number of rotatable bonds is 19. The molecule has 0 aromatic carbocycles. The van der Waals surface area contributed by atoms with Crippen LogP contribution in [0.1, 0.15) is 34.1 Å². The number of carbonyl (C=O) groups is 4. The molecule has 0 saturated heterocycles. The largest absolute Gasteiger partial charge is 0.472 e. The molecule has 0 heterocycles. The number of phosphoric ester groups is 2. The van der Waals surface area contributed by atoms with Crippen LogP contribution in [-0.2, 0) is 65.4 Å². The summed E-state index contributed by atoms with van der Waals surface area (Å²) in [6, 6.07) is 0. The van der Waals surface area contributed by atoms with Gasteiger partial charge < -0.3 is 33.8 Å². The second kappa shape index (κ2) is 17.5. The van der Waals surface area contributed by atoms with Crippen LogP contribution in [0.5, 0.6) is 0 Å². The van der Waals surface area contributed by atoms with Gasteiger partial charge in [-0.25, -0.2) is 9.13 Å². The molecule has 0 saturated carbocycles. The van der Waals surface area contributed by atoms with E-state index in [1.54, 1.807) is 0 Å². The van der Waals surface area contributed by atoms with E-state index in [4.69, 9.17) is 9.47 Å². The summed E-state index contributed by atoms with van der Waals surface area (Å²) < 4.78 is 61.3. The molecule has 3 N–H and O–H groups in total. The van der Waals surface area contributed by atoms with Gasteiger partial charge in [-0.3, -0.25) is 37.3 Å². The van der Waals surface area contributed by atoms with Crippen LogP contribution in [0.4, 0.5) is 0 Å². The molecule has 37 heavy (non-hydrogen) atoms. The minimum Gasteiger partial charge on any atom is -0.462 e. The molecule has 0 aliphatic rings. The highest BCUT2D eigenvalue weighted by Crippen LogP contribution is 2.45. The number of phosphoric acid groups is 2. The molecule has 5 atom stereocenters. The van der Waals surface area contributed by atoms with Crippen molar-refractivity contribution in [1.29, 1.82) is 0 Å². The second-order valence-corrected chi connectivity index (χ2v) is 9.98. The first-order valence-corrected chi connectivity index (χ1v) is 13.6. The third kappa shape index (κ3) is 19.8. The van der Waals surface area contributed by atoms with Crippen LogP contribution in [0.2, 0.25) is 0 Å². The van der Waals surface area contributed by atoms with E-state index < -0.39 is 97.5 Å². The van der Waals surface area contributed by atoms with Gasteiger partial charge in [-0.1, -0.05) is 6.92 Å². The first kappa shape index (κ1) is 35.1. The Morgan fingerprint density at radius 2 is 1.03 bits per heavy atom. The Kier molecular flexibility index (Phi) is 16.6. The Hall–Kier alpha value is -1.94. The first-order valence-electron chi connectivity index (χ1n) is 10.6. The first-order chi connectivity index (χ1) is 17.0. The van der Waals surface area contributed by atoms with Gasteiger partial charge in [0, 0.05) is 27.2 Å². The minimum atomic E-state index is -4.82. The van der Waals surface area contributed by atoms with Crippen LogP contribution in [-0.4, -0.2) is 96.7 Å². The molecular weight excluding hydrogens is 550 g/mol. The summed E-state index contributed by atoms with van der Waals surface area (Å²) in [5, 5.41) is 9.81. The highest BCUT2D eigenvalue weighted by atomic mass is 31.2. The van der Waals surface area contributed by atoms with Crippen molar-refractivity contribution in [3.63, 3.8) is 0 Å². The maximum absolute atomic E-state index is 12.0. The Balaban J connectivity index is 4.63. The van der Waals surface area contributed by atoms with Gasteiger partial charge in [-0.15, -0.1) is 0 Å². The average Bonchev–Trinajstić information content (AvgIpc) is 2.79. The molecular formula is C18H32O17P2. The summed E-state index contributed by atoms with van der Waals surface area (Å²) in [4.78, 5) is 63.7. The number of hydrogen-bond donors (Lipinski definition) is 3. The number of esters is 4. The van der Waals surface area contributed by atoms with Crippen LogP contribution in [0.15, 0.2) is 0 Å². The van der Waals surface area contributed by atoms with Crippen LogP contribution in [0.25, 0.3) is 0 Å². The van der Waals surface area contributed by atoms with Crippen molar-refractivity contribution in [2.45, 2.75) is 52.4 Å². The van der Waals surface area contributed by atoms with Crippen LogP contribution < -0.4 is 0 Å². The molecule has 0 aromatic heterocycles. The third-order valence-electron chi connectivity index (χ3n) is 3.57. The molecule has 2 unspecified atom stereocenters. The molecule has 0 aliphatic heterocycles. The van der Waals surface area contributed by atoms with Gasteiger partial charge >= 0.3 is 39.5 Å². The number of ether oxygens (including phenoxy) is 4. The molecule has 0 spiro atoms. The number of hydrogen-bond acceptors (Lipinski definition) is 15. The van der Waals surface area contributed by atoms with E-state index in [9.17, 15) is 43.2 Å². The van der Waals surface area contributed by atoms with Gasteiger partial charge in [0.05, 0.1) is 26.4 Å².